The van der Waals surface area contributed by atoms with Crippen molar-refractivity contribution in [3.05, 3.63) is 60.2 Å². The number of hydrogen-bond donors (Lipinski definition) is 1. The predicted molar refractivity (Wildman–Crippen MR) is 129 cm³/mol. The minimum atomic E-state index is -3.75. The summed E-state index contributed by atoms with van der Waals surface area (Å²) in [5.74, 6) is 0.339. The van der Waals surface area contributed by atoms with Crippen molar-refractivity contribution in [1.82, 2.24) is 4.31 Å². The first-order valence-electron chi connectivity index (χ1n) is 11.1. The molecule has 0 spiro atoms. The highest BCUT2D eigenvalue weighted by Gasteiger charge is 2.29. The van der Waals surface area contributed by atoms with E-state index >= 15 is 0 Å². The molecule has 3 aromatic rings. The molecule has 1 aliphatic heterocycles. The van der Waals surface area contributed by atoms with E-state index in [1.165, 1.54) is 17.5 Å². The van der Waals surface area contributed by atoms with Crippen LogP contribution in [0, 0.1) is 0 Å². The zero-order valence-electron chi connectivity index (χ0n) is 18.8. The Morgan fingerprint density at radius 1 is 0.970 bits per heavy atom. The highest BCUT2D eigenvalue weighted by Crippen LogP contribution is 2.32. The fraction of sp³-hybridized carbons (Fsp3) is 0.320. The highest BCUT2D eigenvalue weighted by molar-refractivity contribution is 7.89. The first-order valence-corrected chi connectivity index (χ1v) is 12.5. The number of carbonyl (C=O) groups is 1. The Hall–Kier alpha value is -3.10. The number of carbonyl (C=O) groups excluding carboxylic acids is 1. The van der Waals surface area contributed by atoms with Crippen molar-refractivity contribution in [3.8, 4) is 11.5 Å². The Morgan fingerprint density at radius 2 is 1.67 bits per heavy atom. The first kappa shape index (κ1) is 23.1. The van der Waals surface area contributed by atoms with Gasteiger partial charge in [0.1, 0.15) is 16.4 Å². The van der Waals surface area contributed by atoms with Crippen molar-refractivity contribution < 1.29 is 22.7 Å². The average Bonchev–Trinajstić information content (AvgIpc) is 2.84. The standard InChI is InChI=1S/C25H28N2O5S/c1-3-32-22-12-11-20(17-24(22)33(29,30)27-13-7-4-8-14-27)26-25(28)21-15-18-9-5-6-10-19(18)16-23(21)31-2/h5-6,9-12,15-17H,3-4,7-8,13-14H2,1-2H3,(H,26,28). The maximum absolute atomic E-state index is 13.4. The lowest BCUT2D eigenvalue weighted by atomic mass is 10.1. The topological polar surface area (TPSA) is 84.9 Å². The van der Waals surface area contributed by atoms with Crippen LogP contribution < -0.4 is 14.8 Å². The Balaban J connectivity index is 1.68. The maximum Gasteiger partial charge on any atom is 0.259 e. The van der Waals surface area contributed by atoms with Gasteiger partial charge >= 0.3 is 0 Å². The molecule has 7 nitrogen and oxygen atoms in total. The van der Waals surface area contributed by atoms with E-state index in [4.69, 9.17) is 9.47 Å². The third kappa shape index (κ3) is 4.82. The molecule has 174 valence electrons. The van der Waals surface area contributed by atoms with E-state index < -0.39 is 10.0 Å². The smallest absolute Gasteiger partial charge is 0.259 e. The molecular formula is C25H28N2O5S. The molecule has 8 heteroatoms. The van der Waals surface area contributed by atoms with Crippen molar-refractivity contribution in [2.75, 3.05) is 32.1 Å². The van der Waals surface area contributed by atoms with Crippen molar-refractivity contribution in [2.45, 2.75) is 31.1 Å². The summed E-state index contributed by atoms with van der Waals surface area (Å²) < 4.78 is 39.2. The number of nitrogens with one attached hydrogen (secondary N) is 1. The SMILES string of the molecule is CCOc1ccc(NC(=O)c2cc3ccccc3cc2OC)cc1S(=O)(=O)N1CCCCC1. The van der Waals surface area contributed by atoms with Gasteiger partial charge in [0.2, 0.25) is 10.0 Å². The molecule has 0 aliphatic carbocycles. The van der Waals surface area contributed by atoms with Gasteiger partial charge in [0, 0.05) is 18.8 Å². The number of nitrogens with zero attached hydrogens (tertiary/aromatic N) is 1. The normalized spacial score (nSPS) is 14.7. The van der Waals surface area contributed by atoms with Crippen LogP contribution in [0.2, 0.25) is 0 Å². The molecule has 33 heavy (non-hydrogen) atoms. The minimum absolute atomic E-state index is 0.0644. The van der Waals surface area contributed by atoms with Gasteiger partial charge in [-0.25, -0.2) is 8.42 Å². The van der Waals surface area contributed by atoms with Gasteiger partial charge in [-0.05, 0) is 60.9 Å². The fourth-order valence-electron chi connectivity index (χ4n) is 4.07. The molecular weight excluding hydrogens is 440 g/mol. The molecule has 1 N–H and O–H groups in total. The molecule has 0 aromatic heterocycles. The Morgan fingerprint density at radius 3 is 2.33 bits per heavy atom. The number of anilines is 1. The van der Waals surface area contributed by atoms with E-state index in [9.17, 15) is 13.2 Å². The largest absolute Gasteiger partial charge is 0.496 e. The third-order valence-electron chi connectivity index (χ3n) is 5.75. The molecule has 1 fully saturated rings. The number of benzene rings is 3. The summed E-state index contributed by atoms with van der Waals surface area (Å²) in [4.78, 5) is 13.2. The van der Waals surface area contributed by atoms with Gasteiger partial charge in [-0.1, -0.05) is 30.7 Å². The van der Waals surface area contributed by atoms with E-state index in [0.29, 0.717) is 36.7 Å². The van der Waals surface area contributed by atoms with E-state index in [-0.39, 0.29) is 16.6 Å². The average molecular weight is 469 g/mol. The maximum atomic E-state index is 13.4. The van der Waals surface area contributed by atoms with E-state index in [0.717, 1.165) is 30.0 Å². The predicted octanol–water partition coefficient (Wildman–Crippen LogP) is 4.67. The quantitative estimate of drug-likeness (QED) is 0.545. The number of rotatable bonds is 7. The van der Waals surface area contributed by atoms with Crippen LogP contribution in [0.4, 0.5) is 5.69 Å². The summed E-state index contributed by atoms with van der Waals surface area (Å²) in [5, 5.41) is 4.69. The molecule has 4 rings (SSSR count). The molecule has 1 saturated heterocycles. The molecule has 1 aliphatic rings. The monoisotopic (exact) mass is 468 g/mol. The number of hydrogen-bond acceptors (Lipinski definition) is 5. The van der Waals surface area contributed by atoms with Gasteiger partial charge in [-0.2, -0.15) is 4.31 Å². The van der Waals surface area contributed by atoms with E-state index in [1.807, 2.05) is 30.3 Å². The lowest BCUT2D eigenvalue weighted by molar-refractivity contribution is 0.102. The van der Waals surface area contributed by atoms with Crippen molar-refractivity contribution in [2.24, 2.45) is 0 Å². The Labute approximate surface area is 194 Å². The second-order valence-corrected chi connectivity index (χ2v) is 9.82. The molecule has 3 aromatic carbocycles. The van der Waals surface area contributed by atoms with Crippen molar-refractivity contribution >= 4 is 32.4 Å². The molecule has 0 atom stereocenters. The van der Waals surface area contributed by atoms with Gasteiger partial charge in [-0.15, -0.1) is 0 Å². The van der Waals surface area contributed by atoms with Gasteiger partial charge in [-0.3, -0.25) is 4.79 Å². The van der Waals surface area contributed by atoms with Crippen LogP contribution in [-0.4, -0.2) is 45.4 Å². The van der Waals surface area contributed by atoms with Gasteiger partial charge in [0.25, 0.3) is 5.91 Å². The molecule has 0 saturated carbocycles. The number of piperidine rings is 1. The molecule has 0 unspecified atom stereocenters. The second-order valence-electron chi connectivity index (χ2n) is 7.91. The number of amides is 1. The van der Waals surface area contributed by atoms with Crippen LogP contribution in [0.5, 0.6) is 11.5 Å². The Kier molecular flexibility index (Phi) is 6.85. The summed E-state index contributed by atoms with van der Waals surface area (Å²) in [6.07, 6.45) is 2.69. The molecule has 0 radical (unpaired) electrons. The van der Waals surface area contributed by atoms with Crippen LogP contribution in [0.3, 0.4) is 0 Å². The van der Waals surface area contributed by atoms with Crippen LogP contribution >= 0.6 is 0 Å². The summed E-state index contributed by atoms with van der Waals surface area (Å²) >= 11 is 0. The van der Waals surface area contributed by atoms with Gasteiger partial charge < -0.3 is 14.8 Å². The number of fused-ring (bicyclic) bond motifs is 1. The molecule has 0 bridgehead atoms. The molecule has 1 heterocycles. The summed E-state index contributed by atoms with van der Waals surface area (Å²) in [7, 11) is -2.23. The second kappa shape index (κ2) is 9.80. The number of methoxy groups -OCH3 is 1. The lowest BCUT2D eigenvalue weighted by Crippen LogP contribution is -2.35. The summed E-state index contributed by atoms with van der Waals surface area (Å²) in [5.41, 5.74) is 0.736. The number of sulfonamides is 1. The van der Waals surface area contributed by atoms with Crippen LogP contribution in [0.15, 0.2) is 59.5 Å². The zero-order chi connectivity index (χ0) is 23.4. The highest BCUT2D eigenvalue weighted by atomic mass is 32.2. The number of ether oxygens (including phenoxy) is 2. The molecule has 1 amide bonds. The third-order valence-corrected chi connectivity index (χ3v) is 7.67. The van der Waals surface area contributed by atoms with Crippen molar-refractivity contribution in [3.63, 3.8) is 0 Å². The Bertz CT molecular complexity index is 1270. The van der Waals surface area contributed by atoms with E-state index in [1.54, 1.807) is 25.1 Å². The zero-order valence-corrected chi connectivity index (χ0v) is 19.7. The minimum Gasteiger partial charge on any atom is -0.496 e. The summed E-state index contributed by atoms with van der Waals surface area (Å²) in [6, 6.07) is 16.0. The fourth-order valence-corrected chi connectivity index (χ4v) is 5.74. The van der Waals surface area contributed by atoms with Gasteiger partial charge in [0.05, 0.1) is 19.3 Å². The van der Waals surface area contributed by atoms with Crippen molar-refractivity contribution in [1.29, 1.82) is 0 Å². The van der Waals surface area contributed by atoms with E-state index in [2.05, 4.69) is 5.32 Å². The first-order chi connectivity index (χ1) is 15.9. The van der Waals surface area contributed by atoms with Crippen LogP contribution in [0.25, 0.3) is 10.8 Å². The lowest BCUT2D eigenvalue weighted by Gasteiger charge is -2.27. The van der Waals surface area contributed by atoms with Gasteiger partial charge in [0.15, 0.2) is 0 Å². The van der Waals surface area contributed by atoms with Crippen LogP contribution in [0.1, 0.15) is 36.5 Å². The van der Waals surface area contributed by atoms with Crippen LogP contribution in [-0.2, 0) is 10.0 Å². The summed E-state index contributed by atoms with van der Waals surface area (Å²) in [6.45, 7) is 3.11.